The number of hydrogen-bond donors (Lipinski definition) is 1. The Hall–Kier alpha value is -2.93. The number of aromatic amines is 1. The van der Waals surface area contributed by atoms with E-state index in [0.717, 1.165) is 18.4 Å². The molecule has 1 aliphatic rings. The van der Waals surface area contributed by atoms with Crippen LogP contribution in [-0.2, 0) is 13.1 Å². The van der Waals surface area contributed by atoms with Crippen molar-refractivity contribution in [2.24, 2.45) is 0 Å². The molecule has 0 bridgehead atoms. The van der Waals surface area contributed by atoms with Crippen molar-refractivity contribution in [3.8, 4) is 11.5 Å². The van der Waals surface area contributed by atoms with E-state index in [4.69, 9.17) is 9.47 Å². The summed E-state index contributed by atoms with van der Waals surface area (Å²) in [5.74, 6) is 1.38. The van der Waals surface area contributed by atoms with Crippen LogP contribution in [-0.4, -0.2) is 35.1 Å². The smallest absolute Gasteiger partial charge is 0.258 e. The molecule has 3 aromatic rings. The molecular weight excluding hydrogens is 361 g/mol. The quantitative estimate of drug-likeness (QED) is 0.678. The Morgan fingerprint density at radius 1 is 1.11 bits per heavy atom. The average Bonchev–Trinajstić information content (AvgIpc) is 3.53. The van der Waals surface area contributed by atoms with Crippen LogP contribution < -0.4 is 15.0 Å². The van der Waals surface area contributed by atoms with Crippen LogP contribution in [0.5, 0.6) is 11.5 Å². The molecule has 6 nitrogen and oxygen atoms in total. The Morgan fingerprint density at radius 2 is 1.79 bits per heavy atom. The molecule has 2 aromatic carbocycles. The minimum absolute atomic E-state index is 0.210. The zero-order valence-electron chi connectivity index (χ0n) is 15.9. The highest BCUT2D eigenvalue weighted by Gasteiger charge is 2.29. The highest BCUT2D eigenvalue weighted by Crippen LogP contribution is 2.31. The molecule has 4 rings (SSSR count). The minimum atomic E-state index is -0.244. The second kappa shape index (κ2) is 7.59. The first-order valence-corrected chi connectivity index (χ1v) is 9.21. The first-order chi connectivity index (χ1) is 13.6. The van der Waals surface area contributed by atoms with Crippen molar-refractivity contribution in [1.29, 1.82) is 0 Å². The third-order valence-electron chi connectivity index (χ3n) is 4.97. The predicted octanol–water partition coefficient (Wildman–Crippen LogP) is 3.24. The Morgan fingerprint density at radius 3 is 2.43 bits per heavy atom. The normalized spacial score (nSPS) is 13.9. The van der Waals surface area contributed by atoms with Crippen molar-refractivity contribution in [3.63, 3.8) is 0 Å². The molecule has 28 heavy (non-hydrogen) atoms. The maximum Gasteiger partial charge on any atom is 0.258 e. The number of rotatable bonds is 7. The van der Waals surface area contributed by atoms with Gasteiger partial charge in [-0.25, -0.2) is 9.37 Å². The monoisotopic (exact) mass is 383 g/mol. The summed E-state index contributed by atoms with van der Waals surface area (Å²) >= 11 is 0. The van der Waals surface area contributed by atoms with Gasteiger partial charge in [-0.05, 0) is 36.6 Å². The van der Waals surface area contributed by atoms with Crippen molar-refractivity contribution in [1.82, 2.24) is 14.9 Å². The van der Waals surface area contributed by atoms with Crippen LogP contribution in [0.15, 0.2) is 41.2 Å². The predicted molar refractivity (Wildman–Crippen MR) is 104 cm³/mol. The van der Waals surface area contributed by atoms with Gasteiger partial charge in [0.25, 0.3) is 5.56 Å². The summed E-state index contributed by atoms with van der Waals surface area (Å²) in [6.45, 7) is 1.19. The third-order valence-corrected chi connectivity index (χ3v) is 4.97. The number of halogens is 1. The molecule has 1 aromatic heterocycles. The molecule has 0 aliphatic heterocycles. The molecule has 1 N–H and O–H groups in total. The summed E-state index contributed by atoms with van der Waals surface area (Å²) in [6, 6.07) is 10.3. The van der Waals surface area contributed by atoms with Gasteiger partial charge in [0.2, 0.25) is 0 Å². The first kappa shape index (κ1) is 18.4. The number of nitrogens with zero attached hydrogens (tertiary/aromatic N) is 2. The van der Waals surface area contributed by atoms with Crippen LogP contribution in [0.2, 0.25) is 0 Å². The molecule has 0 atom stereocenters. The van der Waals surface area contributed by atoms with E-state index in [2.05, 4.69) is 14.9 Å². The lowest BCUT2D eigenvalue weighted by atomic mass is 10.2. The molecular formula is C21H22FN3O3. The summed E-state index contributed by atoms with van der Waals surface area (Å²) < 4.78 is 23.8. The van der Waals surface area contributed by atoms with Gasteiger partial charge < -0.3 is 14.5 Å². The molecule has 1 aliphatic carbocycles. The molecule has 7 heteroatoms. The van der Waals surface area contributed by atoms with Gasteiger partial charge in [-0.1, -0.05) is 12.1 Å². The van der Waals surface area contributed by atoms with Crippen molar-refractivity contribution in [2.75, 3.05) is 14.2 Å². The number of hydrogen-bond acceptors (Lipinski definition) is 5. The van der Waals surface area contributed by atoms with E-state index in [9.17, 15) is 9.18 Å². The highest BCUT2D eigenvalue weighted by atomic mass is 19.1. The van der Waals surface area contributed by atoms with E-state index in [-0.39, 0.29) is 11.4 Å². The number of nitrogens with one attached hydrogen (secondary N) is 1. The van der Waals surface area contributed by atoms with Crippen LogP contribution in [0.1, 0.15) is 24.2 Å². The first-order valence-electron chi connectivity index (χ1n) is 9.21. The molecule has 0 spiro atoms. The summed E-state index contributed by atoms with van der Waals surface area (Å²) in [5.41, 5.74) is 1.38. The minimum Gasteiger partial charge on any atom is -0.493 e. The van der Waals surface area contributed by atoms with Crippen LogP contribution in [0.4, 0.5) is 4.39 Å². The lowest BCUT2D eigenvalue weighted by molar-refractivity contribution is 0.239. The van der Waals surface area contributed by atoms with Crippen LogP contribution in [0.3, 0.4) is 0 Å². The van der Waals surface area contributed by atoms with E-state index >= 15 is 0 Å². The van der Waals surface area contributed by atoms with E-state index in [1.165, 1.54) is 19.2 Å². The van der Waals surface area contributed by atoms with E-state index in [1.807, 2.05) is 0 Å². The summed E-state index contributed by atoms with van der Waals surface area (Å²) in [7, 11) is 3.08. The van der Waals surface area contributed by atoms with Crippen molar-refractivity contribution in [2.45, 2.75) is 32.0 Å². The standard InChI is InChI=1S/C21H22FN3O3/c1-27-18-9-16-17(10-19(18)28-2)23-20(24-21(16)26)12-25(15-7-8-15)11-13-3-5-14(22)6-4-13/h3-6,9-10,15H,7-8,11-12H2,1-2H3,(H,23,24,26). The largest absolute Gasteiger partial charge is 0.493 e. The molecule has 1 fully saturated rings. The summed E-state index contributed by atoms with van der Waals surface area (Å²) in [6.07, 6.45) is 2.23. The second-order valence-corrected chi connectivity index (χ2v) is 7.00. The third kappa shape index (κ3) is 3.84. The molecule has 1 saturated carbocycles. The molecule has 0 amide bonds. The van der Waals surface area contributed by atoms with Gasteiger partial charge in [-0.2, -0.15) is 0 Å². The van der Waals surface area contributed by atoms with Gasteiger partial charge in [0, 0.05) is 18.7 Å². The fraction of sp³-hybridized carbons (Fsp3) is 0.333. The number of benzene rings is 2. The number of ether oxygens (including phenoxy) is 2. The van der Waals surface area contributed by atoms with E-state index < -0.39 is 0 Å². The Kier molecular flexibility index (Phi) is 5.00. The van der Waals surface area contributed by atoms with E-state index in [0.29, 0.717) is 47.4 Å². The maximum absolute atomic E-state index is 13.2. The zero-order chi connectivity index (χ0) is 19.7. The number of fused-ring (bicyclic) bond motifs is 1. The van der Waals surface area contributed by atoms with Gasteiger partial charge >= 0.3 is 0 Å². The second-order valence-electron chi connectivity index (χ2n) is 7.00. The lowest BCUT2D eigenvalue weighted by Gasteiger charge is -2.21. The number of H-pyrrole nitrogens is 1. The number of aromatic nitrogens is 2. The van der Waals surface area contributed by atoms with Crippen LogP contribution in [0.25, 0.3) is 10.9 Å². The van der Waals surface area contributed by atoms with Gasteiger partial charge in [0.05, 0.1) is 31.7 Å². The van der Waals surface area contributed by atoms with Crippen molar-refractivity contribution < 1.29 is 13.9 Å². The summed E-state index contributed by atoms with van der Waals surface area (Å²) in [4.78, 5) is 22.4. The molecule has 1 heterocycles. The number of methoxy groups -OCH3 is 2. The molecule has 146 valence electrons. The Labute approximate surface area is 161 Å². The van der Waals surface area contributed by atoms with Crippen molar-refractivity contribution in [3.05, 3.63) is 64.0 Å². The van der Waals surface area contributed by atoms with Crippen LogP contribution >= 0.6 is 0 Å². The zero-order valence-corrected chi connectivity index (χ0v) is 15.9. The molecule has 0 radical (unpaired) electrons. The van der Waals surface area contributed by atoms with Crippen LogP contribution in [0, 0.1) is 5.82 Å². The van der Waals surface area contributed by atoms with Gasteiger partial charge in [0.15, 0.2) is 11.5 Å². The lowest BCUT2D eigenvalue weighted by Crippen LogP contribution is -2.27. The highest BCUT2D eigenvalue weighted by molar-refractivity contribution is 5.81. The SMILES string of the molecule is COc1cc2nc(CN(Cc3ccc(F)cc3)C3CC3)[nH]c(=O)c2cc1OC. The Bertz CT molecular complexity index is 1050. The van der Waals surface area contributed by atoms with Gasteiger partial charge in [-0.3, -0.25) is 9.69 Å². The van der Waals surface area contributed by atoms with Crippen molar-refractivity contribution >= 4 is 10.9 Å². The topological polar surface area (TPSA) is 67.5 Å². The fourth-order valence-electron chi connectivity index (χ4n) is 3.36. The summed E-state index contributed by atoms with van der Waals surface area (Å²) in [5, 5.41) is 0.456. The molecule has 0 saturated heterocycles. The van der Waals surface area contributed by atoms with Gasteiger partial charge in [-0.15, -0.1) is 0 Å². The van der Waals surface area contributed by atoms with Gasteiger partial charge in [0.1, 0.15) is 11.6 Å². The average molecular weight is 383 g/mol. The maximum atomic E-state index is 13.2. The fourth-order valence-corrected chi connectivity index (χ4v) is 3.36. The molecule has 0 unspecified atom stereocenters. The Balaban J connectivity index is 1.63. The van der Waals surface area contributed by atoms with E-state index in [1.54, 1.807) is 31.4 Å².